The molecule has 0 bridgehead atoms. The first-order valence-electron chi connectivity index (χ1n) is 16.0. The van der Waals surface area contributed by atoms with Crippen molar-refractivity contribution in [3.63, 3.8) is 0 Å². The smallest absolute Gasteiger partial charge is 0.337 e. The number of carboxylic acids is 1. The largest absolute Gasteiger partial charge is 0.479 e. The molecule has 7 rings (SSSR count). The van der Waals surface area contributed by atoms with Gasteiger partial charge < -0.3 is 14.7 Å². The van der Waals surface area contributed by atoms with Crippen LogP contribution in [0.5, 0.6) is 0 Å². The van der Waals surface area contributed by atoms with Crippen LogP contribution in [0.3, 0.4) is 0 Å². The Morgan fingerprint density at radius 1 is 1.07 bits per heavy atom. The number of fused-ring (bicyclic) bond motifs is 2. The number of benzene rings is 3. The topological polar surface area (TPSA) is 83.7 Å². The van der Waals surface area contributed by atoms with Crippen molar-refractivity contribution in [2.75, 3.05) is 37.6 Å². The van der Waals surface area contributed by atoms with Crippen LogP contribution in [-0.2, 0) is 16.6 Å². The normalized spacial score (nSPS) is 16.9. The highest BCUT2D eigenvalue weighted by molar-refractivity contribution is 7.22. The molecule has 1 aliphatic heterocycles. The van der Waals surface area contributed by atoms with E-state index < -0.39 is 17.7 Å². The van der Waals surface area contributed by atoms with Crippen LogP contribution < -0.4 is 4.90 Å². The van der Waals surface area contributed by atoms with Gasteiger partial charge in [0.2, 0.25) is 0 Å². The lowest BCUT2D eigenvalue weighted by molar-refractivity contribution is -0.160. The van der Waals surface area contributed by atoms with Gasteiger partial charge in [-0.3, -0.25) is 9.58 Å². The molecule has 1 saturated carbocycles. The van der Waals surface area contributed by atoms with Gasteiger partial charge in [-0.15, -0.1) is 11.3 Å². The Labute approximate surface area is 278 Å². The van der Waals surface area contributed by atoms with Gasteiger partial charge in [-0.05, 0) is 94.0 Å². The molecule has 0 amide bonds. The molecule has 0 radical (unpaired) electrons. The lowest BCUT2D eigenvalue weighted by Crippen LogP contribution is -2.47. The van der Waals surface area contributed by atoms with Gasteiger partial charge >= 0.3 is 5.97 Å². The number of thiazole rings is 1. The number of hydrogen-bond acceptors (Lipinski definition) is 7. The molecule has 3 aromatic carbocycles. The molecule has 1 unspecified atom stereocenters. The van der Waals surface area contributed by atoms with Crippen molar-refractivity contribution in [1.29, 1.82) is 0 Å². The van der Waals surface area contributed by atoms with Crippen molar-refractivity contribution in [3.8, 4) is 21.7 Å². The zero-order valence-electron chi connectivity index (χ0n) is 27.0. The fourth-order valence-electron chi connectivity index (χ4n) is 6.58. The molecule has 10 heteroatoms. The average Bonchev–Trinajstić information content (AvgIpc) is 3.63. The lowest BCUT2D eigenvalue weighted by atomic mass is 9.91. The van der Waals surface area contributed by atoms with E-state index in [0.29, 0.717) is 10.6 Å². The molecule has 1 N–H and O–H groups in total. The first-order chi connectivity index (χ1) is 21.9. The van der Waals surface area contributed by atoms with E-state index in [9.17, 15) is 9.90 Å². The van der Waals surface area contributed by atoms with Crippen LogP contribution >= 0.6 is 22.9 Å². The Hall–Kier alpha value is -3.50. The summed E-state index contributed by atoms with van der Waals surface area (Å²) < 4.78 is 9.07. The van der Waals surface area contributed by atoms with Gasteiger partial charge in [0.1, 0.15) is 5.01 Å². The molecule has 5 aromatic rings. The first-order valence-corrected chi connectivity index (χ1v) is 17.2. The van der Waals surface area contributed by atoms with E-state index in [4.69, 9.17) is 26.4 Å². The monoisotopic (exact) mass is 657 g/mol. The van der Waals surface area contributed by atoms with E-state index in [1.54, 1.807) is 11.3 Å². The number of aromatic nitrogens is 3. The molecule has 0 spiro atoms. The molecular weight excluding hydrogens is 618 g/mol. The van der Waals surface area contributed by atoms with Crippen LogP contribution in [0, 0.1) is 12.8 Å². The zero-order valence-corrected chi connectivity index (χ0v) is 28.6. The standard InChI is InChI=1S/C36H40ClN5O3S/c1-21-18-27-32(30(23-8-11-25(37)12-9-23)29(21)31(35(43)44)45-36(2,3)4)46-34(38-27)24-10-13-28-26(19-24)33(39-40(28)5)42-16-14-41(15-17-42)20-22-6-7-22/h8-13,18-19,22,31H,6-7,14-17,20H2,1-5H3,(H,43,44). The van der Waals surface area contributed by atoms with Crippen molar-refractivity contribution in [2.24, 2.45) is 13.0 Å². The third-order valence-electron chi connectivity index (χ3n) is 8.98. The highest BCUT2D eigenvalue weighted by Gasteiger charge is 2.33. The Balaban J connectivity index is 1.32. The van der Waals surface area contributed by atoms with Crippen molar-refractivity contribution < 1.29 is 14.6 Å². The Kier molecular flexibility index (Phi) is 8.08. The van der Waals surface area contributed by atoms with Crippen LogP contribution in [-0.4, -0.2) is 69.1 Å². The summed E-state index contributed by atoms with van der Waals surface area (Å²) in [5.74, 6) is 0.898. The number of ether oxygens (including phenoxy) is 1. The summed E-state index contributed by atoms with van der Waals surface area (Å²) in [5, 5.41) is 18.0. The number of anilines is 1. The molecule has 46 heavy (non-hydrogen) atoms. The summed E-state index contributed by atoms with van der Waals surface area (Å²) in [6, 6.07) is 16.0. The number of piperazine rings is 1. The van der Waals surface area contributed by atoms with Gasteiger partial charge in [-0.2, -0.15) is 5.10 Å². The van der Waals surface area contributed by atoms with E-state index in [-0.39, 0.29) is 0 Å². The minimum atomic E-state index is -1.15. The molecular formula is C36H40ClN5O3S. The lowest BCUT2D eigenvalue weighted by Gasteiger charge is -2.35. The second kappa shape index (κ2) is 11.9. The Bertz CT molecular complexity index is 1930. The minimum Gasteiger partial charge on any atom is -0.479 e. The van der Waals surface area contributed by atoms with Crippen LogP contribution in [0.25, 0.3) is 42.8 Å². The van der Waals surface area contributed by atoms with Gasteiger partial charge in [0.05, 0.1) is 21.3 Å². The molecule has 2 aromatic heterocycles. The minimum absolute atomic E-state index is 0.616. The molecule has 240 valence electrons. The summed E-state index contributed by atoms with van der Waals surface area (Å²) in [5.41, 5.74) is 5.40. The summed E-state index contributed by atoms with van der Waals surface area (Å²) in [6.45, 7) is 12.9. The Morgan fingerprint density at radius 2 is 1.76 bits per heavy atom. The number of aryl methyl sites for hydroxylation is 2. The second-order valence-corrected chi connectivity index (χ2v) is 15.2. The van der Waals surface area contributed by atoms with Crippen LogP contribution in [0.4, 0.5) is 5.82 Å². The van der Waals surface area contributed by atoms with Crippen LogP contribution in [0.15, 0.2) is 48.5 Å². The number of carboxylic acid groups (broad SMARTS) is 1. The number of carbonyl (C=O) groups is 1. The number of halogens is 1. The van der Waals surface area contributed by atoms with Gasteiger partial charge in [0.15, 0.2) is 11.9 Å². The third kappa shape index (κ3) is 6.13. The quantitative estimate of drug-likeness (QED) is 0.181. The predicted octanol–water partition coefficient (Wildman–Crippen LogP) is 7.95. The van der Waals surface area contributed by atoms with E-state index in [2.05, 4.69) is 28.0 Å². The number of aliphatic carboxylic acids is 1. The van der Waals surface area contributed by atoms with Crippen molar-refractivity contribution in [2.45, 2.75) is 52.2 Å². The van der Waals surface area contributed by atoms with Gasteiger partial charge in [-0.1, -0.05) is 23.7 Å². The fourth-order valence-corrected chi connectivity index (χ4v) is 7.83. The van der Waals surface area contributed by atoms with Crippen molar-refractivity contribution >= 4 is 55.8 Å². The number of hydrogen-bond donors (Lipinski definition) is 1. The van der Waals surface area contributed by atoms with Crippen molar-refractivity contribution in [1.82, 2.24) is 19.7 Å². The molecule has 1 saturated heterocycles. The predicted molar refractivity (Wildman–Crippen MR) is 187 cm³/mol. The summed E-state index contributed by atoms with van der Waals surface area (Å²) in [7, 11) is 2.01. The van der Waals surface area contributed by atoms with E-state index >= 15 is 0 Å². The molecule has 1 aliphatic carbocycles. The Morgan fingerprint density at radius 3 is 2.41 bits per heavy atom. The first kappa shape index (κ1) is 31.1. The van der Waals surface area contributed by atoms with E-state index in [1.807, 2.05) is 69.8 Å². The van der Waals surface area contributed by atoms with Gasteiger partial charge in [0, 0.05) is 66.9 Å². The maximum absolute atomic E-state index is 12.7. The second-order valence-electron chi connectivity index (χ2n) is 13.7. The fraction of sp³-hybridized carbons (Fsp3) is 0.417. The van der Waals surface area contributed by atoms with Crippen molar-refractivity contribution in [3.05, 3.63) is 64.7 Å². The van der Waals surface area contributed by atoms with Crippen LogP contribution in [0.1, 0.15) is 50.8 Å². The molecule has 2 aliphatic rings. The van der Waals surface area contributed by atoms with Crippen LogP contribution in [0.2, 0.25) is 5.02 Å². The average molecular weight is 658 g/mol. The van der Waals surface area contributed by atoms with Gasteiger partial charge in [0.25, 0.3) is 0 Å². The maximum atomic E-state index is 12.7. The van der Waals surface area contributed by atoms with Gasteiger partial charge in [-0.25, -0.2) is 9.78 Å². The summed E-state index contributed by atoms with van der Waals surface area (Å²) >= 11 is 7.85. The highest BCUT2D eigenvalue weighted by atomic mass is 35.5. The third-order valence-corrected chi connectivity index (χ3v) is 10.4. The molecule has 1 atom stereocenters. The maximum Gasteiger partial charge on any atom is 0.337 e. The van der Waals surface area contributed by atoms with E-state index in [1.165, 1.54) is 19.4 Å². The summed E-state index contributed by atoms with van der Waals surface area (Å²) in [4.78, 5) is 22.9. The molecule has 8 nitrogen and oxygen atoms in total. The highest BCUT2D eigenvalue weighted by Crippen LogP contribution is 2.45. The SMILES string of the molecule is Cc1cc2nc(-c3ccc4c(c3)c(N3CCN(CC5CC5)CC3)nn4C)sc2c(-c2ccc(Cl)cc2)c1C(OC(C)(C)C)C(=O)O. The molecule has 3 heterocycles. The summed E-state index contributed by atoms with van der Waals surface area (Å²) in [6.07, 6.45) is 1.61. The number of nitrogens with zero attached hydrogens (tertiary/aromatic N) is 5. The molecule has 2 fully saturated rings. The zero-order chi connectivity index (χ0) is 32.3. The van der Waals surface area contributed by atoms with E-state index in [0.717, 1.165) is 86.3 Å². The number of rotatable bonds is 8.